The van der Waals surface area contributed by atoms with E-state index >= 15 is 0 Å². The molecule has 2 aliphatic rings. The normalized spacial score (nSPS) is 20.1. The second kappa shape index (κ2) is 10.8. The molecule has 0 saturated carbocycles. The number of piperidine rings is 1. The molecule has 0 atom stereocenters. The monoisotopic (exact) mass is 418 g/mol. The lowest BCUT2D eigenvalue weighted by atomic mass is 9.74. The molecule has 1 aromatic carbocycles. The summed E-state index contributed by atoms with van der Waals surface area (Å²) in [6.45, 7) is 6.62. The van der Waals surface area contributed by atoms with Crippen molar-refractivity contribution in [3.63, 3.8) is 0 Å². The molecule has 30 heavy (non-hydrogen) atoms. The van der Waals surface area contributed by atoms with Gasteiger partial charge in [-0.3, -0.25) is 9.79 Å². The molecule has 1 aromatic rings. The third-order valence-electron chi connectivity index (χ3n) is 6.42. The van der Waals surface area contributed by atoms with E-state index in [9.17, 15) is 9.18 Å². The number of halogens is 1. The Morgan fingerprint density at radius 2 is 2.03 bits per heavy atom. The smallest absolute Gasteiger partial charge is 0.220 e. The van der Waals surface area contributed by atoms with Gasteiger partial charge in [-0.05, 0) is 56.2 Å². The molecule has 0 bridgehead atoms. The molecule has 3 rings (SSSR count). The van der Waals surface area contributed by atoms with Crippen molar-refractivity contribution in [1.82, 2.24) is 15.5 Å². The predicted octanol–water partition coefficient (Wildman–Crippen LogP) is 2.69. The number of aliphatic imine (C=N–C) groups is 1. The Hall–Kier alpha value is -2.15. The van der Waals surface area contributed by atoms with Gasteiger partial charge in [-0.2, -0.15) is 0 Å². The van der Waals surface area contributed by atoms with Crippen LogP contribution in [0.15, 0.2) is 29.3 Å². The van der Waals surface area contributed by atoms with Crippen molar-refractivity contribution in [3.05, 3.63) is 35.6 Å². The average Bonchev–Trinajstić information content (AvgIpc) is 2.78. The zero-order chi connectivity index (χ0) is 21.4. The number of nitrogens with zero attached hydrogens (tertiary/aromatic N) is 2. The van der Waals surface area contributed by atoms with Crippen molar-refractivity contribution in [2.24, 2.45) is 10.9 Å². The highest BCUT2D eigenvalue weighted by molar-refractivity contribution is 5.80. The molecule has 2 heterocycles. The van der Waals surface area contributed by atoms with Crippen molar-refractivity contribution >= 4 is 11.9 Å². The first-order chi connectivity index (χ1) is 14.6. The summed E-state index contributed by atoms with van der Waals surface area (Å²) < 4.78 is 19.5. The van der Waals surface area contributed by atoms with Gasteiger partial charge in [-0.15, -0.1) is 0 Å². The molecule has 1 amide bonds. The number of nitrogens with one attached hydrogen (secondary N) is 2. The Kier molecular flexibility index (Phi) is 8.08. The minimum atomic E-state index is -0.201. The van der Waals surface area contributed by atoms with Crippen LogP contribution >= 0.6 is 0 Å². The Bertz CT molecular complexity index is 726. The van der Waals surface area contributed by atoms with Gasteiger partial charge < -0.3 is 20.3 Å². The number of carbonyl (C=O) groups excluding carboxylic acids is 1. The van der Waals surface area contributed by atoms with Gasteiger partial charge in [0.2, 0.25) is 5.91 Å². The topological polar surface area (TPSA) is 66.0 Å². The number of hydrogen-bond acceptors (Lipinski definition) is 3. The highest BCUT2D eigenvalue weighted by atomic mass is 19.1. The maximum Gasteiger partial charge on any atom is 0.220 e. The molecule has 2 fully saturated rings. The van der Waals surface area contributed by atoms with Crippen LogP contribution in [0.2, 0.25) is 0 Å². The maximum absolute atomic E-state index is 13.9. The minimum absolute atomic E-state index is 0.116. The molecule has 0 aromatic heterocycles. The van der Waals surface area contributed by atoms with Crippen molar-refractivity contribution in [2.75, 3.05) is 46.4 Å². The molecule has 2 aliphatic heterocycles. The van der Waals surface area contributed by atoms with E-state index in [2.05, 4.69) is 22.5 Å². The SMILES string of the molecule is CCNC(=NCC1(c2cccc(F)c2)CCOCC1)N1CCC(CC(=O)NC)CC1. The fourth-order valence-corrected chi connectivity index (χ4v) is 4.48. The first kappa shape index (κ1) is 22.5. The van der Waals surface area contributed by atoms with Gasteiger partial charge in [-0.25, -0.2) is 4.39 Å². The first-order valence-electron chi connectivity index (χ1n) is 11.1. The molecule has 0 unspecified atom stereocenters. The third-order valence-corrected chi connectivity index (χ3v) is 6.42. The van der Waals surface area contributed by atoms with Gasteiger partial charge in [0.15, 0.2) is 5.96 Å². The lowest BCUT2D eigenvalue weighted by molar-refractivity contribution is -0.121. The van der Waals surface area contributed by atoms with Crippen LogP contribution in [0.5, 0.6) is 0 Å². The van der Waals surface area contributed by atoms with Gasteiger partial charge in [0.25, 0.3) is 0 Å². The van der Waals surface area contributed by atoms with E-state index in [-0.39, 0.29) is 17.1 Å². The molecule has 2 saturated heterocycles. The summed E-state index contributed by atoms with van der Waals surface area (Å²) >= 11 is 0. The molecule has 6 nitrogen and oxygen atoms in total. The van der Waals surface area contributed by atoms with E-state index in [0.29, 0.717) is 32.1 Å². The number of ether oxygens (including phenoxy) is 1. The van der Waals surface area contributed by atoms with E-state index in [0.717, 1.165) is 56.8 Å². The predicted molar refractivity (Wildman–Crippen MR) is 117 cm³/mol. The van der Waals surface area contributed by atoms with E-state index in [1.54, 1.807) is 19.2 Å². The summed E-state index contributed by atoms with van der Waals surface area (Å²) in [6, 6.07) is 6.94. The third kappa shape index (κ3) is 5.72. The molecule has 7 heteroatoms. The van der Waals surface area contributed by atoms with E-state index in [1.807, 2.05) is 6.07 Å². The first-order valence-corrected chi connectivity index (χ1v) is 11.1. The molecule has 0 aliphatic carbocycles. The fourth-order valence-electron chi connectivity index (χ4n) is 4.48. The number of carbonyl (C=O) groups is 1. The van der Waals surface area contributed by atoms with E-state index in [4.69, 9.17) is 9.73 Å². The minimum Gasteiger partial charge on any atom is -0.381 e. The summed E-state index contributed by atoms with van der Waals surface area (Å²) in [6.07, 6.45) is 4.25. The van der Waals surface area contributed by atoms with Crippen molar-refractivity contribution in [1.29, 1.82) is 0 Å². The Labute approximate surface area is 179 Å². The summed E-state index contributed by atoms with van der Waals surface area (Å²) in [5.41, 5.74) is 0.813. The van der Waals surface area contributed by atoms with Gasteiger partial charge >= 0.3 is 0 Å². The van der Waals surface area contributed by atoms with Gasteiger partial charge in [0.1, 0.15) is 5.82 Å². The van der Waals surface area contributed by atoms with Crippen molar-refractivity contribution in [2.45, 2.75) is 44.4 Å². The van der Waals surface area contributed by atoms with Gasteiger partial charge in [0, 0.05) is 51.7 Å². The van der Waals surface area contributed by atoms with Crippen LogP contribution in [-0.2, 0) is 14.9 Å². The number of amides is 1. The quantitative estimate of drug-likeness (QED) is 0.551. The Morgan fingerprint density at radius 1 is 1.30 bits per heavy atom. The van der Waals surface area contributed by atoms with Crippen LogP contribution in [0.25, 0.3) is 0 Å². The summed E-state index contributed by atoms with van der Waals surface area (Å²) in [5.74, 6) is 1.26. The Morgan fingerprint density at radius 3 is 2.67 bits per heavy atom. The number of guanidine groups is 1. The second-order valence-electron chi connectivity index (χ2n) is 8.38. The standard InChI is InChI=1S/C23H35FN4O2/c1-3-26-22(28-11-7-18(8-12-28)15-21(29)25-2)27-17-23(9-13-30-14-10-23)19-5-4-6-20(24)16-19/h4-6,16,18H,3,7-15,17H2,1-2H3,(H,25,29)(H,26,27). The van der Waals surface area contributed by atoms with Crippen LogP contribution < -0.4 is 10.6 Å². The second-order valence-corrected chi connectivity index (χ2v) is 8.38. The van der Waals surface area contributed by atoms with Gasteiger partial charge in [-0.1, -0.05) is 12.1 Å². The molecule has 0 radical (unpaired) electrons. The van der Waals surface area contributed by atoms with Crippen LogP contribution in [-0.4, -0.2) is 63.2 Å². The molecule has 166 valence electrons. The maximum atomic E-state index is 13.9. The molecular formula is C23H35FN4O2. The highest BCUT2D eigenvalue weighted by Gasteiger charge is 2.35. The van der Waals surface area contributed by atoms with Crippen molar-refractivity contribution in [3.8, 4) is 0 Å². The average molecular weight is 419 g/mol. The van der Waals surface area contributed by atoms with Crippen molar-refractivity contribution < 1.29 is 13.9 Å². The zero-order valence-corrected chi connectivity index (χ0v) is 18.3. The fraction of sp³-hybridized carbons (Fsp3) is 0.652. The van der Waals surface area contributed by atoms with Crippen LogP contribution in [0.4, 0.5) is 4.39 Å². The number of benzene rings is 1. The van der Waals surface area contributed by atoms with Crippen LogP contribution in [0.3, 0.4) is 0 Å². The lowest BCUT2D eigenvalue weighted by Crippen LogP contribution is -2.47. The molecule has 0 spiro atoms. The lowest BCUT2D eigenvalue weighted by Gasteiger charge is -2.38. The largest absolute Gasteiger partial charge is 0.381 e. The number of hydrogen-bond donors (Lipinski definition) is 2. The number of rotatable bonds is 6. The summed E-state index contributed by atoms with van der Waals surface area (Å²) in [4.78, 5) is 19.0. The van der Waals surface area contributed by atoms with E-state index < -0.39 is 0 Å². The highest BCUT2D eigenvalue weighted by Crippen LogP contribution is 2.35. The van der Waals surface area contributed by atoms with Gasteiger partial charge in [0.05, 0.1) is 6.54 Å². The number of likely N-dealkylation sites (tertiary alicyclic amines) is 1. The van der Waals surface area contributed by atoms with Crippen LogP contribution in [0.1, 0.15) is 44.6 Å². The van der Waals surface area contributed by atoms with E-state index in [1.165, 1.54) is 6.07 Å². The Balaban J connectivity index is 1.71. The summed E-state index contributed by atoms with van der Waals surface area (Å²) in [7, 11) is 1.69. The zero-order valence-electron chi connectivity index (χ0n) is 18.3. The van der Waals surface area contributed by atoms with Crippen LogP contribution in [0, 0.1) is 11.7 Å². The molecule has 2 N–H and O–H groups in total. The molecular weight excluding hydrogens is 383 g/mol. The summed E-state index contributed by atoms with van der Waals surface area (Å²) in [5, 5.41) is 6.15.